The molecular formula is C32H19N3OS. The van der Waals surface area contributed by atoms with Crippen molar-refractivity contribution in [3.05, 3.63) is 115 Å². The van der Waals surface area contributed by atoms with Gasteiger partial charge in [0.25, 0.3) is 0 Å². The van der Waals surface area contributed by atoms with E-state index in [2.05, 4.69) is 77.4 Å². The van der Waals surface area contributed by atoms with Crippen LogP contribution >= 0.6 is 11.3 Å². The van der Waals surface area contributed by atoms with Crippen molar-refractivity contribution >= 4 is 32.6 Å². The zero-order valence-corrected chi connectivity index (χ0v) is 20.4. The summed E-state index contributed by atoms with van der Waals surface area (Å²) in [5.74, 6) is 2.57. The molecule has 1 aliphatic heterocycles. The Bertz CT molecular complexity index is 1920. The average Bonchev–Trinajstić information content (AvgIpc) is 3.57. The Labute approximate surface area is 217 Å². The first-order chi connectivity index (χ1) is 18.3. The van der Waals surface area contributed by atoms with Crippen molar-refractivity contribution in [3.63, 3.8) is 0 Å². The average molecular weight is 494 g/mol. The highest BCUT2D eigenvalue weighted by molar-refractivity contribution is 7.21. The van der Waals surface area contributed by atoms with Crippen molar-refractivity contribution in [2.45, 2.75) is 0 Å². The second-order valence-corrected chi connectivity index (χ2v) is 10.1. The minimum atomic E-state index is 0.818. The van der Waals surface area contributed by atoms with E-state index in [1.54, 1.807) is 11.3 Å². The number of para-hydroxylation sites is 3. The van der Waals surface area contributed by atoms with Gasteiger partial charge in [-0.2, -0.15) is 0 Å². The molecule has 3 heterocycles. The molecule has 8 rings (SSSR count). The van der Waals surface area contributed by atoms with Gasteiger partial charge in [0.1, 0.15) is 16.3 Å². The van der Waals surface area contributed by atoms with E-state index in [9.17, 15) is 0 Å². The molecule has 0 fully saturated rings. The standard InChI is InChI=1S/C32H19N3OS/c1-2-8-21(9-3-1)31-33-25-12-7-14-27-29(25)35(31)26-13-6-10-23(30(26)36-27)20-16-18-22(19-17-20)32-34-24-11-4-5-15-28(24)37-32/h1-19H. The van der Waals surface area contributed by atoms with Gasteiger partial charge in [-0.3, -0.25) is 4.57 Å². The highest BCUT2D eigenvalue weighted by Gasteiger charge is 2.27. The maximum atomic E-state index is 6.57. The van der Waals surface area contributed by atoms with Crippen molar-refractivity contribution in [3.8, 4) is 50.3 Å². The van der Waals surface area contributed by atoms with Crippen LogP contribution in [0.25, 0.3) is 60.0 Å². The van der Waals surface area contributed by atoms with E-state index in [0.29, 0.717) is 0 Å². The summed E-state index contributed by atoms with van der Waals surface area (Å²) in [6, 6.07) is 39.6. The van der Waals surface area contributed by atoms with Crippen LogP contribution in [0.4, 0.5) is 0 Å². The minimum absolute atomic E-state index is 0.818. The summed E-state index contributed by atoms with van der Waals surface area (Å²) in [7, 11) is 0. The Balaban J connectivity index is 1.27. The molecule has 0 N–H and O–H groups in total. The molecule has 2 aromatic heterocycles. The lowest BCUT2D eigenvalue weighted by molar-refractivity contribution is 0.477. The molecule has 0 amide bonds. The van der Waals surface area contributed by atoms with E-state index in [1.165, 1.54) is 4.70 Å². The maximum Gasteiger partial charge on any atom is 0.159 e. The predicted octanol–water partition coefficient (Wildman–Crippen LogP) is 8.74. The monoisotopic (exact) mass is 493 g/mol. The van der Waals surface area contributed by atoms with Crippen LogP contribution in [-0.4, -0.2) is 14.5 Å². The normalized spacial score (nSPS) is 12.0. The Kier molecular flexibility index (Phi) is 4.36. The number of thiazole rings is 1. The van der Waals surface area contributed by atoms with Crippen LogP contribution in [0.15, 0.2) is 115 Å². The summed E-state index contributed by atoms with van der Waals surface area (Å²) in [5, 5.41) is 1.03. The number of fused-ring (bicyclic) bond motifs is 3. The molecule has 0 spiro atoms. The number of ether oxygens (including phenoxy) is 1. The number of benzene rings is 5. The van der Waals surface area contributed by atoms with E-state index in [4.69, 9.17) is 14.7 Å². The molecule has 5 heteroatoms. The number of rotatable bonds is 3. The third-order valence-electron chi connectivity index (χ3n) is 6.86. The highest BCUT2D eigenvalue weighted by Crippen LogP contribution is 2.47. The molecule has 0 saturated heterocycles. The Hall–Kier alpha value is -4.74. The Morgan fingerprint density at radius 3 is 2.22 bits per heavy atom. The van der Waals surface area contributed by atoms with Gasteiger partial charge in [-0.15, -0.1) is 11.3 Å². The number of imidazole rings is 1. The van der Waals surface area contributed by atoms with Crippen LogP contribution in [0.5, 0.6) is 11.5 Å². The topological polar surface area (TPSA) is 39.9 Å². The number of aromatic nitrogens is 3. The summed E-state index contributed by atoms with van der Waals surface area (Å²) in [5.41, 5.74) is 8.28. The van der Waals surface area contributed by atoms with Crippen LogP contribution < -0.4 is 4.74 Å². The van der Waals surface area contributed by atoms with Crippen molar-refractivity contribution in [2.24, 2.45) is 0 Å². The number of hydrogen-bond acceptors (Lipinski definition) is 4. The molecule has 0 aliphatic carbocycles. The Morgan fingerprint density at radius 1 is 0.595 bits per heavy atom. The lowest BCUT2D eigenvalue weighted by Crippen LogP contribution is -2.06. The molecule has 37 heavy (non-hydrogen) atoms. The van der Waals surface area contributed by atoms with Gasteiger partial charge in [0.15, 0.2) is 11.5 Å². The smallest absolute Gasteiger partial charge is 0.159 e. The van der Waals surface area contributed by atoms with E-state index in [0.717, 1.165) is 66.8 Å². The van der Waals surface area contributed by atoms with Crippen LogP contribution in [0.3, 0.4) is 0 Å². The van der Waals surface area contributed by atoms with Gasteiger partial charge in [0.05, 0.1) is 21.4 Å². The molecule has 0 bridgehead atoms. The molecule has 1 aliphatic rings. The molecule has 174 valence electrons. The zero-order valence-electron chi connectivity index (χ0n) is 19.6. The first-order valence-corrected chi connectivity index (χ1v) is 13.0. The molecule has 0 saturated carbocycles. The molecule has 0 atom stereocenters. The van der Waals surface area contributed by atoms with Crippen molar-refractivity contribution in [1.29, 1.82) is 0 Å². The molecule has 7 aromatic rings. The van der Waals surface area contributed by atoms with Gasteiger partial charge >= 0.3 is 0 Å². The van der Waals surface area contributed by atoms with E-state index in [1.807, 2.05) is 42.5 Å². The van der Waals surface area contributed by atoms with Gasteiger partial charge in [-0.05, 0) is 35.9 Å². The van der Waals surface area contributed by atoms with Gasteiger partial charge < -0.3 is 4.74 Å². The first-order valence-electron chi connectivity index (χ1n) is 12.2. The quantitative estimate of drug-likeness (QED) is 0.247. The fraction of sp³-hybridized carbons (Fsp3) is 0. The summed E-state index contributed by atoms with van der Waals surface area (Å²) >= 11 is 1.72. The lowest BCUT2D eigenvalue weighted by atomic mass is 10.0. The van der Waals surface area contributed by atoms with Crippen molar-refractivity contribution in [2.75, 3.05) is 0 Å². The summed E-state index contributed by atoms with van der Waals surface area (Å²) in [6.45, 7) is 0. The number of hydrogen-bond donors (Lipinski definition) is 0. The zero-order chi connectivity index (χ0) is 24.3. The fourth-order valence-electron chi connectivity index (χ4n) is 5.13. The predicted molar refractivity (Wildman–Crippen MR) is 151 cm³/mol. The second kappa shape index (κ2) is 7.88. The largest absolute Gasteiger partial charge is 0.452 e. The van der Waals surface area contributed by atoms with Crippen LogP contribution in [0.1, 0.15) is 0 Å². The second-order valence-electron chi connectivity index (χ2n) is 9.08. The fourth-order valence-corrected chi connectivity index (χ4v) is 6.10. The van der Waals surface area contributed by atoms with Gasteiger partial charge in [0, 0.05) is 16.7 Å². The summed E-state index contributed by atoms with van der Waals surface area (Å²) in [4.78, 5) is 9.81. The van der Waals surface area contributed by atoms with Gasteiger partial charge in [-0.25, -0.2) is 9.97 Å². The SMILES string of the molecule is c1ccc(-c2nc3cccc4c3n2-c2cccc(-c3ccc(-c5nc6ccccc6s5)cc3)c2O4)cc1. The van der Waals surface area contributed by atoms with Crippen molar-refractivity contribution < 1.29 is 4.74 Å². The van der Waals surface area contributed by atoms with Crippen LogP contribution in [0, 0.1) is 0 Å². The highest BCUT2D eigenvalue weighted by atomic mass is 32.1. The van der Waals surface area contributed by atoms with Crippen molar-refractivity contribution in [1.82, 2.24) is 14.5 Å². The summed E-state index contributed by atoms with van der Waals surface area (Å²) < 4.78 is 10.0. The van der Waals surface area contributed by atoms with Gasteiger partial charge in [0.2, 0.25) is 0 Å². The maximum absolute atomic E-state index is 6.57. The molecule has 0 unspecified atom stereocenters. The van der Waals surface area contributed by atoms with E-state index < -0.39 is 0 Å². The third kappa shape index (κ3) is 3.14. The van der Waals surface area contributed by atoms with E-state index >= 15 is 0 Å². The summed E-state index contributed by atoms with van der Waals surface area (Å²) in [6.07, 6.45) is 0. The molecule has 5 aromatic carbocycles. The van der Waals surface area contributed by atoms with E-state index in [-0.39, 0.29) is 0 Å². The lowest BCUT2D eigenvalue weighted by Gasteiger charge is -2.23. The molecular weight excluding hydrogens is 474 g/mol. The minimum Gasteiger partial charge on any atom is -0.452 e. The van der Waals surface area contributed by atoms with Crippen LogP contribution in [0.2, 0.25) is 0 Å². The third-order valence-corrected chi connectivity index (χ3v) is 7.94. The Morgan fingerprint density at radius 2 is 1.35 bits per heavy atom. The molecule has 0 radical (unpaired) electrons. The first kappa shape index (κ1) is 20.5. The number of nitrogens with zero attached hydrogens (tertiary/aromatic N) is 3. The van der Waals surface area contributed by atoms with Gasteiger partial charge in [-0.1, -0.05) is 84.9 Å². The molecule has 4 nitrogen and oxygen atoms in total. The van der Waals surface area contributed by atoms with Crippen LogP contribution in [-0.2, 0) is 0 Å².